The zero-order valence-electron chi connectivity index (χ0n) is 13.1. The van der Waals surface area contributed by atoms with E-state index < -0.39 is 4.92 Å². The Hall–Kier alpha value is -2.67. The Bertz CT molecular complexity index is 650. The molecule has 0 aliphatic carbocycles. The zero-order chi connectivity index (χ0) is 16.8. The number of non-ortho nitro benzene ring substituents is 1. The summed E-state index contributed by atoms with van der Waals surface area (Å²) in [5, 5.41) is 13.5. The van der Waals surface area contributed by atoms with Crippen LogP contribution in [-0.2, 0) is 11.2 Å². The van der Waals surface area contributed by atoms with E-state index in [1.165, 1.54) is 12.1 Å². The molecule has 0 saturated carbocycles. The average Bonchev–Trinajstić information content (AvgIpc) is 3.01. The molecular weight excluding hydrogens is 298 g/mol. The lowest BCUT2D eigenvalue weighted by atomic mass is 10.1. The van der Waals surface area contributed by atoms with Crippen molar-refractivity contribution in [3.05, 3.63) is 64.1 Å². The summed E-state index contributed by atoms with van der Waals surface area (Å²) in [6.45, 7) is 0.423. The number of nitro groups is 1. The molecule has 1 aromatic carbocycles. The molecule has 1 unspecified atom stereocenters. The first-order valence-corrected chi connectivity index (χ1v) is 7.17. The number of nitrogens with zero attached hydrogens (tertiary/aromatic N) is 2. The van der Waals surface area contributed by atoms with E-state index in [2.05, 4.69) is 5.32 Å². The first kappa shape index (κ1) is 16.7. The first-order chi connectivity index (χ1) is 11.0. The molecule has 0 bridgehead atoms. The monoisotopic (exact) mass is 317 g/mol. The minimum atomic E-state index is -0.463. The van der Waals surface area contributed by atoms with Gasteiger partial charge in [0.25, 0.3) is 5.69 Å². The molecule has 0 fully saturated rings. The fourth-order valence-electron chi connectivity index (χ4n) is 2.21. The summed E-state index contributed by atoms with van der Waals surface area (Å²) < 4.78 is 5.39. The van der Waals surface area contributed by atoms with Crippen molar-refractivity contribution in [1.29, 1.82) is 0 Å². The molecule has 0 spiro atoms. The van der Waals surface area contributed by atoms with Gasteiger partial charge in [0.1, 0.15) is 5.76 Å². The summed E-state index contributed by atoms with van der Waals surface area (Å²) in [4.78, 5) is 24.1. The molecule has 122 valence electrons. The highest BCUT2D eigenvalue weighted by molar-refractivity contribution is 5.78. The van der Waals surface area contributed by atoms with E-state index in [1.54, 1.807) is 18.4 Å². The van der Waals surface area contributed by atoms with Gasteiger partial charge < -0.3 is 9.73 Å². The number of rotatable bonds is 7. The second kappa shape index (κ2) is 7.55. The summed E-state index contributed by atoms with van der Waals surface area (Å²) in [7, 11) is 3.82. The van der Waals surface area contributed by atoms with Crippen molar-refractivity contribution in [2.75, 3.05) is 20.6 Å². The van der Waals surface area contributed by atoms with Crippen molar-refractivity contribution < 1.29 is 14.1 Å². The van der Waals surface area contributed by atoms with Crippen LogP contribution in [0.15, 0.2) is 47.1 Å². The SMILES string of the molecule is CN(C)C(CNC(=O)Cc1ccc([N+](=O)[O-])cc1)c1ccco1. The minimum absolute atomic E-state index is 0.0136. The average molecular weight is 317 g/mol. The number of furan rings is 1. The van der Waals surface area contributed by atoms with Crippen molar-refractivity contribution in [1.82, 2.24) is 10.2 Å². The molecule has 0 aliphatic heterocycles. The van der Waals surface area contributed by atoms with Crippen molar-refractivity contribution in [3.8, 4) is 0 Å². The number of carbonyl (C=O) groups excluding carboxylic acids is 1. The van der Waals surface area contributed by atoms with Crippen LogP contribution < -0.4 is 5.32 Å². The lowest BCUT2D eigenvalue weighted by Gasteiger charge is -2.22. The number of benzene rings is 1. The molecule has 1 atom stereocenters. The predicted octanol–water partition coefficient (Wildman–Crippen LogP) is 2.15. The second-order valence-corrected chi connectivity index (χ2v) is 5.40. The molecule has 1 heterocycles. The van der Waals surface area contributed by atoms with Gasteiger partial charge in [0.2, 0.25) is 5.91 Å². The molecule has 1 N–H and O–H groups in total. The van der Waals surface area contributed by atoms with Crippen LogP contribution in [0.5, 0.6) is 0 Å². The van der Waals surface area contributed by atoms with Gasteiger partial charge in [0, 0.05) is 18.7 Å². The number of nitro benzene ring substituents is 1. The van der Waals surface area contributed by atoms with E-state index >= 15 is 0 Å². The van der Waals surface area contributed by atoms with Crippen molar-refractivity contribution in [3.63, 3.8) is 0 Å². The lowest BCUT2D eigenvalue weighted by molar-refractivity contribution is -0.384. The lowest BCUT2D eigenvalue weighted by Crippen LogP contribution is -2.35. The summed E-state index contributed by atoms with van der Waals surface area (Å²) in [6, 6.07) is 9.60. The van der Waals surface area contributed by atoms with Gasteiger partial charge in [0.15, 0.2) is 0 Å². The van der Waals surface area contributed by atoms with Crippen LogP contribution in [0.2, 0.25) is 0 Å². The zero-order valence-corrected chi connectivity index (χ0v) is 13.1. The van der Waals surface area contributed by atoms with Crippen LogP contribution in [-0.4, -0.2) is 36.4 Å². The molecule has 0 aliphatic rings. The molecule has 0 radical (unpaired) electrons. The van der Waals surface area contributed by atoms with Crippen molar-refractivity contribution >= 4 is 11.6 Å². The van der Waals surface area contributed by atoms with Crippen molar-refractivity contribution in [2.45, 2.75) is 12.5 Å². The number of hydrogen-bond acceptors (Lipinski definition) is 5. The van der Waals surface area contributed by atoms with Gasteiger partial charge in [-0.2, -0.15) is 0 Å². The molecule has 0 saturated heterocycles. The van der Waals surface area contributed by atoms with Crippen LogP contribution in [0, 0.1) is 10.1 Å². The minimum Gasteiger partial charge on any atom is -0.468 e. The molecule has 2 rings (SSSR count). The molecule has 7 heteroatoms. The van der Waals surface area contributed by atoms with E-state index in [4.69, 9.17) is 4.42 Å². The maximum absolute atomic E-state index is 12.0. The molecule has 1 aromatic heterocycles. The third-order valence-corrected chi connectivity index (χ3v) is 3.50. The largest absolute Gasteiger partial charge is 0.468 e. The Kier molecular flexibility index (Phi) is 5.48. The summed E-state index contributed by atoms with van der Waals surface area (Å²) in [5.74, 6) is 0.642. The van der Waals surface area contributed by atoms with Gasteiger partial charge in [-0.05, 0) is 31.8 Å². The highest BCUT2D eigenvalue weighted by atomic mass is 16.6. The van der Waals surface area contributed by atoms with E-state index in [0.29, 0.717) is 6.54 Å². The Morgan fingerprint density at radius 3 is 2.52 bits per heavy atom. The fourth-order valence-corrected chi connectivity index (χ4v) is 2.21. The number of amides is 1. The fraction of sp³-hybridized carbons (Fsp3) is 0.312. The Balaban J connectivity index is 1.90. The third kappa shape index (κ3) is 4.65. The molecular formula is C16H19N3O4. The quantitative estimate of drug-likeness (QED) is 0.624. The second-order valence-electron chi connectivity index (χ2n) is 5.40. The molecule has 2 aromatic rings. The van der Waals surface area contributed by atoms with E-state index in [1.807, 2.05) is 31.1 Å². The van der Waals surface area contributed by atoms with Gasteiger partial charge in [-0.15, -0.1) is 0 Å². The Morgan fingerprint density at radius 1 is 1.30 bits per heavy atom. The van der Waals surface area contributed by atoms with Gasteiger partial charge in [0.05, 0.1) is 23.6 Å². The highest BCUT2D eigenvalue weighted by Gasteiger charge is 2.18. The Morgan fingerprint density at radius 2 is 2.00 bits per heavy atom. The molecule has 23 heavy (non-hydrogen) atoms. The third-order valence-electron chi connectivity index (χ3n) is 3.50. The van der Waals surface area contributed by atoms with Crippen molar-refractivity contribution in [2.24, 2.45) is 0 Å². The summed E-state index contributed by atoms with van der Waals surface area (Å²) in [6.07, 6.45) is 1.78. The maximum Gasteiger partial charge on any atom is 0.269 e. The van der Waals surface area contributed by atoms with Gasteiger partial charge >= 0.3 is 0 Å². The van der Waals surface area contributed by atoms with E-state index in [9.17, 15) is 14.9 Å². The van der Waals surface area contributed by atoms with Gasteiger partial charge in [-0.3, -0.25) is 19.8 Å². The van der Waals surface area contributed by atoms with Crippen LogP contribution in [0.4, 0.5) is 5.69 Å². The van der Waals surface area contributed by atoms with Crippen LogP contribution in [0.1, 0.15) is 17.4 Å². The smallest absolute Gasteiger partial charge is 0.269 e. The van der Waals surface area contributed by atoms with Gasteiger partial charge in [-0.1, -0.05) is 12.1 Å². The normalized spacial score (nSPS) is 12.1. The number of likely N-dealkylation sites (N-methyl/N-ethyl adjacent to an activating group) is 1. The first-order valence-electron chi connectivity index (χ1n) is 7.17. The molecule has 1 amide bonds. The van der Waals surface area contributed by atoms with Crippen LogP contribution in [0.25, 0.3) is 0 Å². The number of carbonyl (C=O) groups is 1. The summed E-state index contributed by atoms with van der Waals surface area (Å²) >= 11 is 0. The van der Waals surface area contributed by atoms with E-state index in [-0.39, 0.29) is 24.1 Å². The van der Waals surface area contributed by atoms with Gasteiger partial charge in [-0.25, -0.2) is 0 Å². The number of nitrogens with one attached hydrogen (secondary N) is 1. The van der Waals surface area contributed by atoms with Crippen LogP contribution >= 0.6 is 0 Å². The topological polar surface area (TPSA) is 88.6 Å². The predicted molar refractivity (Wildman–Crippen MR) is 84.9 cm³/mol. The summed E-state index contributed by atoms with van der Waals surface area (Å²) in [5.41, 5.74) is 0.743. The molecule has 7 nitrogen and oxygen atoms in total. The standard InChI is InChI=1S/C16H19N3O4/c1-18(2)14(15-4-3-9-23-15)11-17-16(20)10-12-5-7-13(8-6-12)19(21)22/h3-9,14H,10-11H2,1-2H3,(H,17,20). The Labute approximate surface area is 134 Å². The highest BCUT2D eigenvalue weighted by Crippen LogP contribution is 2.17. The maximum atomic E-state index is 12.0. The number of hydrogen-bond donors (Lipinski definition) is 1. The van der Waals surface area contributed by atoms with E-state index in [0.717, 1.165) is 11.3 Å². The van der Waals surface area contributed by atoms with Crippen LogP contribution in [0.3, 0.4) is 0 Å².